The molecule has 1 saturated carbocycles. The Bertz CT molecular complexity index is 167. The Morgan fingerprint density at radius 2 is 1.75 bits per heavy atom. The second-order valence-corrected chi connectivity index (χ2v) is 4.97. The summed E-state index contributed by atoms with van der Waals surface area (Å²) in [4.78, 5) is 0. The summed E-state index contributed by atoms with van der Waals surface area (Å²) in [6.45, 7) is 3.84. The van der Waals surface area contributed by atoms with Gasteiger partial charge in [-0.05, 0) is 31.1 Å². The normalized spacial score (nSPS) is 19.1. The topological polar surface area (TPSA) is 30.5 Å². The minimum absolute atomic E-state index is 0.548. The van der Waals surface area contributed by atoms with Crippen molar-refractivity contribution in [2.45, 2.75) is 38.5 Å². The lowest BCUT2D eigenvalue weighted by Crippen LogP contribution is -2.34. The first-order chi connectivity index (χ1) is 7.83. The van der Waals surface area contributed by atoms with Gasteiger partial charge in [-0.15, -0.1) is 0 Å². The van der Waals surface area contributed by atoms with Gasteiger partial charge in [0.2, 0.25) is 0 Å². The maximum absolute atomic E-state index is 5.15. The Morgan fingerprint density at radius 3 is 2.38 bits per heavy atom. The predicted molar refractivity (Wildman–Crippen MR) is 66.8 cm³/mol. The molecule has 1 fully saturated rings. The van der Waals surface area contributed by atoms with Crippen LogP contribution in [0, 0.1) is 5.41 Å². The van der Waals surface area contributed by atoms with Gasteiger partial charge in [-0.3, -0.25) is 0 Å². The highest BCUT2D eigenvalue weighted by molar-refractivity contribution is 4.86. The van der Waals surface area contributed by atoms with E-state index in [0.29, 0.717) is 5.41 Å². The molecule has 0 aromatic rings. The van der Waals surface area contributed by atoms with E-state index in [1.807, 2.05) is 0 Å². The molecule has 1 aliphatic carbocycles. The van der Waals surface area contributed by atoms with Crippen molar-refractivity contribution in [2.75, 3.05) is 40.5 Å². The highest BCUT2D eigenvalue weighted by atomic mass is 16.5. The Kier molecular flexibility index (Phi) is 7.01. The molecule has 0 bridgehead atoms. The van der Waals surface area contributed by atoms with Crippen LogP contribution in [0.1, 0.15) is 38.5 Å². The van der Waals surface area contributed by atoms with E-state index >= 15 is 0 Å². The van der Waals surface area contributed by atoms with E-state index in [1.165, 1.54) is 38.5 Å². The average Bonchev–Trinajstić information content (AvgIpc) is 2.74. The predicted octanol–water partition coefficient (Wildman–Crippen LogP) is 2.21. The minimum atomic E-state index is 0.548. The number of hydrogen-bond donors (Lipinski definition) is 1. The Labute approximate surface area is 99.9 Å². The number of methoxy groups -OCH3 is 2. The fourth-order valence-electron chi connectivity index (χ4n) is 2.76. The Hall–Kier alpha value is -0.120. The molecule has 0 aromatic carbocycles. The molecule has 0 heterocycles. The van der Waals surface area contributed by atoms with Gasteiger partial charge in [0.25, 0.3) is 0 Å². The Balaban J connectivity index is 2.22. The van der Waals surface area contributed by atoms with Gasteiger partial charge in [0.1, 0.15) is 0 Å². The molecule has 0 spiro atoms. The molecule has 0 radical (unpaired) electrons. The van der Waals surface area contributed by atoms with Crippen molar-refractivity contribution in [3.8, 4) is 0 Å². The number of ether oxygens (including phenoxy) is 2. The SMILES string of the molecule is COCCCC1(CNCCOC)CCCC1. The zero-order chi connectivity index (χ0) is 11.7. The summed E-state index contributed by atoms with van der Waals surface area (Å²) in [6.07, 6.45) is 8.08. The number of rotatable bonds is 9. The Morgan fingerprint density at radius 1 is 1.06 bits per heavy atom. The van der Waals surface area contributed by atoms with Crippen LogP contribution in [0.2, 0.25) is 0 Å². The first kappa shape index (κ1) is 13.9. The van der Waals surface area contributed by atoms with Gasteiger partial charge in [-0.2, -0.15) is 0 Å². The summed E-state index contributed by atoms with van der Waals surface area (Å²) in [5, 5.41) is 3.53. The monoisotopic (exact) mass is 229 g/mol. The average molecular weight is 229 g/mol. The quantitative estimate of drug-likeness (QED) is 0.615. The van der Waals surface area contributed by atoms with Crippen molar-refractivity contribution in [2.24, 2.45) is 5.41 Å². The lowest BCUT2D eigenvalue weighted by Gasteiger charge is -2.29. The van der Waals surface area contributed by atoms with Gasteiger partial charge >= 0.3 is 0 Å². The van der Waals surface area contributed by atoms with Crippen LogP contribution in [-0.4, -0.2) is 40.5 Å². The summed E-state index contributed by atoms with van der Waals surface area (Å²) in [6, 6.07) is 0. The molecule has 96 valence electrons. The van der Waals surface area contributed by atoms with Gasteiger partial charge in [0.05, 0.1) is 6.61 Å². The van der Waals surface area contributed by atoms with Gasteiger partial charge in [0.15, 0.2) is 0 Å². The molecular weight excluding hydrogens is 202 g/mol. The zero-order valence-corrected chi connectivity index (χ0v) is 10.9. The molecule has 1 N–H and O–H groups in total. The van der Waals surface area contributed by atoms with Crippen molar-refractivity contribution in [1.82, 2.24) is 5.32 Å². The second kappa shape index (κ2) is 8.04. The second-order valence-electron chi connectivity index (χ2n) is 4.97. The molecule has 0 unspecified atom stereocenters. The largest absolute Gasteiger partial charge is 0.385 e. The van der Waals surface area contributed by atoms with E-state index in [1.54, 1.807) is 14.2 Å². The van der Waals surface area contributed by atoms with Crippen molar-refractivity contribution in [1.29, 1.82) is 0 Å². The van der Waals surface area contributed by atoms with Crippen LogP contribution in [0.4, 0.5) is 0 Å². The number of nitrogens with one attached hydrogen (secondary N) is 1. The lowest BCUT2D eigenvalue weighted by molar-refractivity contribution is 0.158. The molecule has 16 heavy (non-hydrogen) atoms. The first-order valence-electron chi connectivity index (χ1n) is 6.52. The van der Waals surface area contributed by atoms with E-state index in [2.05, 4.69) is 5.32 Å². The minimum Gasteiger partial charge on any atom is -0.385 e. The molecule has 0 aromatic heterocycles. The molecule has 0 atom stereocenters. The van der Waals surface area contributed by atoms with Crippen molar-refractivity contribution >= 4 is 0 Å². The molecule has 0 saturated heterocycles. The van der Waals surface area contributed by atoms with Crippen LogP contribution in [0.3, 0.4) is 0 Å². The molecule has 3 nitrogen and oxygen atoms in total. The van der Waals surface area contributed by atoms with Gasteiger partial charge in [-0.25, -0.2) is 0 Å². The molecular formula is C13H27NO2. The van der Waals surface area contributed by atoms with Gasteiger partial charge < -0.3 is 14.8 Å². The molecule has 0 amide bonds. The standard InChI is InChI=1S/C13H27NO2/c1-15-10-5-8-13(6-3-4-7-13)12-14-9-11-16-2/h14H,3-12H2,1-2H3. The van der Waals surface area contributed by atoms with Crippen LogP contribution in [0.15, 0.2) is 0 Å². The third-order valence-corrected chi connectivity index (χ3v) is 3.70. The van der Waals surface area contributed by atoms with Crippen LogP contribution >= 0.6 is 0 Å². The first-order valence-corrected chi connectivity index (χ1v) is 6.52. The maximum Gasteiger partial charge on any atom is 0.0587 e. The van der Waals surface area contributed by atoms with E-state index < -0.39 is 0 Å². The van der Waals surface area contributed by atoms with Crippen molar-refractivity contribution in [3.05, 3.63) is 0 Å². The van der Waals surface area contributed by atoms with E-state index in [-0.39, 0.29) is 0 Å². The maximum atomic E-state index is 5.15. The summed E-state index contributed by atoms with van der Waals surface area (Å²) in [5.74, 6) is 0. The van der Waals surface area contributed by atoms with Crippen LogP contribution < -0.4 is 5.32 Å². The van der Waals surface area contributed by atoms with E-state index in [4.69, 9.17) is 9.47 Å². The van der Waals surface area contributed by atoms with Crippen LogP contribution in [0.25, 0.3) is 0 Å². The third kappa shape index (κ3) is 4.81. The van der Waals surface area contributed by atoms with Crippen LogP contribution in [-0.2, 0) is 9.47 Å². The van der Waals surface area contributed by atoms with Crippen LogP contribution in [0.5, 0.6) is 0 Å². The van der Waals surface area contributed by atoms with E-state index in [9.17, 15) is 0 Å². The summed E-state index contributed by atoms with van der Waals surface area (Å²) in [5.41, 5.74) is 0.548. The molecule has 1 rings (SSSR count). The molecule has 3 heteroatoms. The zero-order valence-electron chi connectivity index (χ0n) is 10.9. The highest BCUT2D eigenvalue weighted by Crippen LogP contribution is 2.41. The molecule has 1 aliphatic rings. The van der Waals surface area contributed by atoms with Crippen molar-refractivity contribution < 1.29 is 9.47 Å². The smallest absolute Gasteiger partial charge is 0.0587 e. The lowest BCUT2D eigenvalue weighted by atomic mass is 9.81. The summed E-state index contributed by atoms with van der Waals surface area (Å²) >= 11 is 0. The highest BCUT2D eigenvalue weighted by Gasteiger charge is 2.32. The fourth-order valence-corrected chi connectivity index (χ4v) is 2.76. The third-order valence-electron chi connectivity index (χ3n) is 3.70. The summed E-state index contributed by atoms with van der Waals surface area (Å²) in [7, 11) is 3.55. The summed E-state index contributed by atoms with van der Waals surface area (Å²) < 4.78 is 10.2. The molecule has 0 aliphatic heterocycles. The van der Waals surface area contributed by atoms with Crippen molar-refractivity contribution in [3.63, 3.8) is 0 Å². The number of hydrogen-bond acceptors (Lipinski definition) is 3. The van der Waals surface area contributed by atoms with Gasteiger partial charge in [-0.1, -0.05) is 12.8 Å². The van der Waals surface area contributed by atoms with E-state index in [0.717, 1.165) is 26.3 Å². The van der Waals surface area contributed by atoms with Gasteiger partial charge in [0, 0.05) is 33.9 Å². The fraction of sp³-hybridized carbons (Fsp3) is 1.00.